The third-order valence-electron chi connectivity index (χ3n) is 2.94. The molecule has 0 aromatic heterocycles. The molecule has 0 saturated carbocycles. The Hall–Kier alpha value is 0.260. The normalized spacial score (nSPS) is 13.0. The lowest BCUT2D eigenvalue weighted by Crippen LogP contribution is -2.33. The van der Waals surface area contributed by atoms with Gasteiger partial charge in [-0.2, -0.15) is 0 Å². The Morgan fingerprint density at radius 1 is 0.739 bits per heavy atom. The van der Waals surface area contributed by atoms with E-state index in [9.17, 15) is 9.13 Å². The van der Waals surface area contributed by atoms with Crippen LogP contribution in [0.2, 0.25) is 0 Å². The molecule has 0 aromatic rings. The fraction of sp³-hybridized carbons (Fsp3) is 1.00. The fourth-order valence-electron chi connectivity index (χ4n) is 2.08. The second-order valence-corrected chi connectivity index (χ2v) is 9.42. The fourth-order valence-corrected chi connectivity index (χ4v) is 7.12. The molecule has 0 heterocycles. The third-order valence-corrected chi connectivity index (χ3v) is 8.68. The molecule has 0 rings (SSSR count). The lowest BCUT2D eigenvalue weighted by atomic mass is 10.2. The van der Waals surface area contributed by atoms with Crippen LogP contribution in [0.4, 0.5) is 0 Å². The Bertz CT molecular complexity index is 343. The summed E-state index contributed by atoms with van der Waals surface area (Å²) in [6, 6.07) is 0. The van der Waals surface area contributed by atoms with E-state index in [1.54, 1.807) is 27.7 Å². The first-order valence-electron chi connectivity index (χ1n) is 8.44. The number of nitrogens with one attached hydrogen (secondary N) is 1. The Morgan fingerprint density at radius 3 is 1.43 bits per heavy atom. The van der Waals surface area contributed by atoms with Crippen LogP contribution in [0.3, 0.4) is 0 Å². The highest BCUT2D eigenvalue weighted by Gasteiger charge is 2.50. The highest BCUT2D eigenvalue weighted by atomic mass is 31.2. The van der Waals surface area contributed by atoms with Gasteiger partial charge in [-0.05, 0) is 40.7 Å². The first kappa shape index (κ1) is 23.3. The summed E-state index contributed by atoms with van der Waals surface area (Å²) in [4.78, 5) is 0. The Kier molecular flexibility index (Phi) is 12.7. The van der Waals surface area contributed by atoms with E-state index in [-0.39, 0.29) is 26.4 Å². The molecular formula is C14H33NO6P2. The molecule has 140 valence electrons. The van der Waals surface area contributed by atoms with E-state index in [0.29, 0.717) is 6.54 Å². The molecule has 0 spiro atoms. The lowest BCUT2D eigenvalue weighted by Gasteiger charge is -2.31. The quantitative estimate of drug-likeness (QED) is 0.332. The highest BCUT2D eigenvalue weighted by molar-refractivity contribution is 7.72. The lowest BCUT2D eigenvalue weighted by molar-refractivity contribution is 0.190. The number of hydrogen-bond acceptors (Lipinski definition) is 7. The zero-order chi connectivity index (χ0) is 17.8. The maximum atomic E-state index is 13.1. The number of unbranched alkanes of at least 4 members (excludes halogenated alkanes) is 2. The topological polar surface area (TPSA) is 83.1 Å². The van der Waals surface area contributed by atoms with E-state index >= 15 is 0 Å². The second-order valence-electron chi connectivity index (χ2n) is 4.79. The van der Waals surface area contributed by atoms with Gasteiger partial charge in [0.1, 0.15) is 0 Å². The highest BCUT2D eigenvalue weighted by Crippen LogP contribution is 2.69. The van der Waals surface area contributed by atoms with Crippen molar-refractivity contribution in [2.45, 2.75) is 59.4 Å². The summed E-state index contributed by atoms with van der Waals surface area (Å²) in [6.07, 6.45) is 2.93. The first-order valence-corrected chi connectivity index (χ1v) is 11.7. The summed E-state index contributed by atoms with van der Waals surface area (Å²) in [5, 5.41) is 3.05. The summed E-state index contributed by atoms with van der Waals surface area (Å²) in [5.74, 6) is 0. The van der Waals surface area contributed by atoms with Crippen molar-refractivity contribution in [3.8, 4) is 0 Å². The van der Waals surface area contributed by atoms with E-state index in [1.165, 1.54) is 0 Å². The van der Waals surface area contributed by atoms with Crippen LogP contribution in [0.5, 0.6) is 0 Å². The second kappa shape index (κ2) is 12.6. The monoisotopic (exact) mass is 373 g/mol. The van der Waals surface area contributed by atoms with Crippen molar-refractivity contribution in [2.75, 3.05) is 33.0 Å². The van der Waals surface area contributed by atoms with Crippen LogP contribution >= 0.6 is 15.2 Å². The zero-order valence-corrected chi connectivity index (χ0v) is 16.9. The third kappa shape index (κ3) is 7.78. The minimum Gasteiger partial charge on any atom is -0.307 e. The van der Waals surface area contributed by atoms with Gasteiger partial charge in [-0.3, -0.25) is 14.4 Å². The molecule has 0 aliphatic heterocycles. The predicted molar refractivity (Wildman–Crippen MR) is 93.0 cm³/mol. The van der Waals surface area contributed by atoms with Gasteiger partial charge < -0.3 is 18.1 Å². The summed E-state index contributed by atoms with van der Waals surface area (Å²) in [7, 11) is -7.37. The van der Waals surface area contributed by atoms with E-state index < -0.39 is 20.7 Å². The van der Waals surface area contributed by atoms with Gasteiger partial charge >= 0.3 is 15.2 Å². The standard InChI is InChI=1S/C14H33NO6P2/c1-6-11-12-13-15-14(22(16,18-7-2)19-8-3)23(17,20-9-4)21-10-5/h14-15H,6-13H2,1-5H3. The van der Waals surface area contributed by atoms with Crippen molar-refractivity contribution in [3.63, 3.8) is 0 Å². The van der Waals surface area contributed by atoms with Gasteiger partial charge in [0.2, 0.25) is 5.52 Å². The zero-order valence-electron chi connectivity index (χ0n) is 15.1. The van der Waals surface area contributed by atoms with Crippen molar-refractivity contribution >= 4 is 15.2 Å². The Labute approximate surface area is 140 Å². The smallest absolute Gasteiger partial charge is 0.307 e. The van der Waals surface area contributed by atoms with Crippen LogP contribution < -0.4 is 5.32 Å². The molecule has 23 heavy (non-hydrogen) atoms. The van der Waals surface area contributed by atoms with Crippen LogP contribution in [0, 0.1) is 0 Å². The van der Waals surface area contributed by atoms with Gasteiger partial charge in [0.15, 0.2) is 0 Å². The number of hydrogen-bond donors (Lipinski definition) is 1. The van der Waals surface area contributed by atoms with Crippen molar-refractivity contribution in [3.05, 3.63) is 0 Å². The molecule has 0 fully saturated rings. The number of rotatable bonds is 15. The van der Waals surface area contributed by atoms with Gasteiger partial charge in [-0.1, -0.05) is 19.8 Å². The van der Waals surface area contributed by atoms with Crippen molar-refractivity contribution < 1.29 is 27.2 Å². The minimum atomic E-state index is -3.68. The van der Waals surface area contributed by atoms with Crippen LogP contribution in [-0.4, -0.2) is 38.5 Å². The largest absolute Gasteiger partial charge is 0.359 e. The summed E-state index contributed by atoms with van der Waals surface area (Å²) in [6.45, 7) is 10.2. The summed E-state index contributed by atoms with van der Waals surface area (Å²) >= 11 is 0. The van der Waals surface area contributed by atoms with Gasteiger partial charge in [0.25, 0.3) is 0 Å². The van der Waals surface area contributed by atoms with Crippen LogP contribution in [0.15, 0.2) is 0 Å². The average Bonchev–Trinajstić information content (AvgIpc) is 2.47. The molecule has 0 aromatic carbocycles. The van der Waals surface area contributed by atoms with Crippen molar-refractivity contribution in [1.29, 1.82) is 0 Å². The van der Waals surface area contributed by atoms with Crippen LogP contribution in [-0.2, 0) is 27.2 Å². The van der Waals surface area contributed by atoms with E-state index in [4.69, 9.17) is 18.1 Å². The SMILES string of the molecule is CCCCCNC(P(=O)(OCC)OCC)P(=O)(OCC)OCC. The van der Waals surface area contributed by atoms with E-state index in [0.717, 1.165) is 19.3 Å². The van der Waals surface area contributed by atoms with Gasteiger partial charge in [-0.25, -0.2) is 0 Å². The molecule has 0 aliphatic rings. The molecule has 0 bridgehead atoms. The molecule has 7 nitrogen and oxygen atoms in total. The molecular weight excluding hydrogens is 340 g/mol. The molecule has 0 radical (unpaired) electrons. The molecule has 0 aliphatic carbocycles. The molecule has 0 amide bonds. The molecule has 0 unspecified atom stereocenters. The van der Waals surface area contributed by atoms with Gasteiger partial charge in [0, 0.05) is 0 Å². The minimum absolute atomic E-state index is 0.183. The maximum Gasteiger partial charge on any atom is 0.359 e. The average molecular weight is 373 g/mol. The molecule has 0 atom stereocenters. The van der Waals surface area contributed by atoms with Crippen LogP contribution in [0.1, 0.15) is 53.9 Å². The van der Waals surface area contributed by atoms with Crippen molar-refractivity contribution in [1.82, 2.24) is 5.32 Å². The molecule has 9 heteroatoms. The Morgan fingerprint density at radius 2 is 1.13 bits per heavy atom. The van der Waals surface area contributed by atoms with Gasteiger partial charge in [-0.15, -0.1) is 0 Å². The van der Waals surface area contributed by atoms with E-state index in [1.807, 2.05) is 0 Å². The summed E-state index contributed by atoms with van der Waals surface area (Å²) in [5.41, 5.74) is -1.12. The molecule has 1 N–H and O–H groups in total. The molecule has 0 saturated heterocycles. The maximum absolute atomic E-state index is 13.1. The first-order chi connectivity index (χ1) is 10.9. The van der Waals surface area contributed by atoms with Gasteiger partial charge in [0.05, 0.1) is 26.4 Å². The Balaban J connectivity index is 5.47. The van der Waals surface area contributed by atoms with Crippen LogP contribution in [0.25, 0.3) is 0 Å². The van der Waals surface area contributed by atoms with Crippen molar-refractivity contribution in [2.24, 2.45) is 0 Å². The predicted octanol–water partition coefficient (Wildman–Crippen LogP) is 4.58. The summed E-state index contributed by atoms with van der Waals surface area (Å²) < 4.78 is 47.7. The van der Waals surface area contributed by atoms with E-state index in [2.05, 4.69) is 12.2 Å².